The standard InChI is InChI=1S/C17H18N4OS/c1-11-7-12(3-5-14(11)19-2)15-9-21-8-13(23-10-16(18)22)4-6-17(21)20-15/h3-9,19H,10H2,1-2H3,(H2,18,22). The molecule has 0 aliphatic heterocycles. The van der Waals surface area contributed by atoms with Gasteiger partial charge in [0.15, 0.2) is 0 Å². The monoisotopic (exact) mass is 326 g/mol. The Balaban J connectivity index is 1.93. The summed E-state index contributed by atoms with van der Waals surface area (Å²) in [4.78, 5) is 16.5. The van der Waals surface area contributed by atoms with Crippen molar-refractivity contribution in [2.24, 2.45) is 5.73 Å². The van der Waals surface area contributed by atoms with Crippen LogP contribution >= 0.6 is 11.8 Å². The first kappa shape index (κ1) is 15.4. The zero-order chi connectivity index (χ0) is 16.4. The zero-order valence-electron chi connectivity index (χ0n) is 13.0. The topological polar surface area (TPSA) is 72.4 Å². The summed E-state index contributed by atoms with van der Waals surface area (Å²) < 4.78 is 1.97. The van der Waals surface area contributed by atoms with Crippen LogP contribution in [0, 0.1) is 6.92 Å². The van der Waals surface area contributed by atoms with Gasteiger partial charge in [-0.2, -0.15) is 0 Å². The van der Waals surface area contributed by atoms with Crippen LogP contribution in [0.4, 0.5) is 5.69 Å². The second-order valence-electron chi connectivity index (χ2n) is 5.29. The summed E-state index contributed by atoms with van der Waals surface area (Å²) in [6, 6.07) is 10.1. The van der Waals surface area contributed by atoms with Gasteiger partial charge in [0.2, 0.25) is 5.91 Å². The molecule has 23 heavy (non-hydrogen) atoms. The van der Waals surface area contributed by atoms with Crippen molar-refractivity contribution in [3.05, 3.63) is 48.3 Å². The highest BCUT2D eigenvalue weighted by molar-refractivity contribution is 8.00. The van der Waals surface area contributed by atoms with Gasteiger partial charge in [0.25, 0.3) is 0 Å². The maximum atomic E-state index is 10.9. The van der Waals surface area contributed by atoms with Gasteiger partial charge in [-0.15, -0.1) is 11.8 Å². The number of benzene rings is 1. The number of primary amides is 1. The Kier molecular flexibility index (Phi) is 4.25. The fourth-order valence-electron chi connectivity index (χ4n) is 2.45. The number of nitrogens with two attached hydrogens (primary N) is 1. The Morgan fingerprint density at radius 1 is 1.30 bits per heavy atom. The Morgan fingerprint density at radius 3 is 2.83 bits per heavy atom. The molecule has 1 amide bonds. The molecule has 118 valence electrons. The van der Waals surface area contributed by atoms with E-state index >= 15 is 0 Å². The van der Waals surface area contributed by atoms with E-state index in [0.717, 1.165) is 27.5 Å². The van der Waals surface area contributed by atoms with Crippen LogP contribution in [0.15, 0.2) is 47.6 Å². The molecule has 1 aromatic carbocycles. The van der Waals surface area contributed by atoms with E-state index in [0.29, 0.717) is 0 Å². The van der Waals surface area contributed by atoms with Gasteiger partial charge in [0, 0.05) is 35.6 Å². The molecule has 0 saturated carbocycles. The molecule has 0 spiro atoms. The van der Waals surface area contributed by atoms with Crippen LogP contribution < -0.4 is 11.1 Å². The summed E-state index contributed by atoms with van der Waals surface area (Å²) in [5.41, 5.74) is 10.4. The van der Waals surface area contributed by atoms with Gasteiger partial charge in [-0.25, -0.2) is 4.98 Å². The van der Waals surface area contributed by atoms with Crippen molar-refractivity contribution in [2.75, 3.05) is 18.1 Å². The molecule has 0 aliphatic carbocycles. The first-order valence-corrected chi connectivity index (χ1v) is 8.24. The minimum atomic E-state index is -0.318. The van der Waals surface area contributed by atoms with Crippen LogP contribution in [-0.4, -0.2) is 28.1 Å². The molecule has 5 nitrogen and oxygen atoms in total. The second-order valence-corrected chi connectivity index (χ2v) is 6.34. The highest BCUT2D eigenvalue weighted by Crippen LogP contribution is 2.25. The van der Waals surface area contributed by atoms with Gasteiger partial charge < -0.3 is 15.5 Å². The predicted octanol–water partition coefficient (Wildman–Crippen LogP) is 2.93. The van der Waals surface area contributed by atoms with E-state index in [9.17, 15) is 4.79 Å². The maximum Gasteiger partial charge on any atom is 0.227 e. The molecule has 3 rings (SSSR count). The van der Waals surface area contributed by atoms with Crippen molar-refractivity contribution in [2.45, 2.75) is 11.8 Å². The lowest BCUT2D eigenvalue weighted by Crippen LogP contribution is -2.12. The minimum absolute atomic E-state index is 0.276. The molecule has 3 aromatic rings. The molecule has 0 aliphatic rings. The van der Waals surface area contributed by atoms with E-state index < -0.39 is 0 Å². The fourth-order valence-corrected chi connectivity index (χ4v) is 3.12. The van der Waals surface area contributed by atoms with Gasteiger partial charge in [-0.3, -0.25) is 4.79 Å². The smallest absolute Gasteiger partial charge is 0.227 e. The van der Waals surface area contributed by atoms with E-state index in [2.05, 4.69) is 35.4 Å². The van der Waals surface area contributed by atoms with Crippen molar-refractivity contribution in [3.8, 4) is 11.3 Å². The van der Waals surface area contributed by atoms with Gasteiger partial charge in [0.05, 0.1) is 11.4 Å². The number of rotatable bonds is 5. The van der Waals surface area contributed by atoms with E-state index in [1.165, 1.54) is 17.3 Å². The normalized spacial score (nSPS) is 10.9. The van der Waals surface area contributed by atoms with Crippen molar-refractivity contribution >= 4 is 29.0 Å². The summed E-state index contributed by atoms with van der Waals surface area (Å²) in [6.45, 7) is 2.07. The molecular formula is C17H18N4OS. The highest BCUT2D eigenvalue weighted by atomic mass is 32.2. The van der Waals surface area contributed by atoms with Crippen molar-refractivity contribution in [1.82, 2.24) is 9.38 Å². The lowest BCUT2D eigenvalue weighted by Gasteiger charge is -2.06. The number of aryl methyl sites for hydroxylation is 1. The van der Waals surface area contributed by atoms with Crippen molar-refractivity contribution in [3.63, 3.8) is 0 Å². The molecule has 0 atom stereocenters. The summed E-state index contributed by atoms with van der Waals surface area (Å²) in [5, 5.41) is 3.16. The number of aromatic nitrogens is 2. The summed E-state index contributed by atoms with van der Waals surface area (Å²) in [6.07, 6.45) is 3.96. The van der Waals surface area contributed by atoms with Crippen molar-refractivity contribution in [1.29, 1.82) is 0 Å². The van der Waals surface area contributed by atoms with Gasteiger partial charge in [0.1, 0.15) is 5.65 Å². The van der Waals surface area contributed by atoms with Crippen LogP contribution in [0.5, 0.6) is 0 Å². The molecule has 0 saturated heterocycles. The number of fused-ring (bicyclic) bond motifs is 1. The molecule has 2 heterocycles. The third-order valence-corrected chi connectivity index (χ3v) is 4.60. The number of amides is 1. The zero-order valence-corrected chi connectivity index (χ0v) is 13.9. The molecule has 0 fully saturated rings. The summed E-state index contributed by atoms with van der Waals surface area (Å²) in [5.74, 6) is -0.0425. The average molecular weight is 326 g/mol. The lowest BCUT2D eigenvalue weighted by atomic mass is 10.1. The third-order valence-electron chi connectivity index (χ3n) is 3.60. The number of anilines is 1. The van der Waals surface area contributed by atoms with E-state index in [1.807, 2.05) is 36.0 Å². The molecule has 3 N–H and O–H groups in total. The Morgan fingerprint density at radius 2 is 2.13 bits per heavy atom. The highest BCUT2D eigenvalue weighted by Gasteiger charge is 2.07. The van der Waals surface area contributed by atoms with E-state index in [-0.39, 0.29) is 11.7 Å². The van der Waals surface area contributed by atoms with Crippen LogP contribution in [-0.2, 0) is 4.79 Å². The molecular weight excluding hydrogens is 308 g/mol. The van der Waals surface area contributed by atoms with Crippen LogP contribution in [0.2, 0.25) is 0 Å². The quantitative estimate of drug-likeness (QED) is 0.707. The van der Waals surface area contributed by atoms with E-state index in [1.54, 1.807) is 0 Å². The molecule has 6 heteroatoms. The number of hydrogen-bond donors (Lipinski definition) is 2. The number of imidazole rings is 1. The number of pyridine rings is 1. The SMILES string of the molecule is CNc1ccc(-c2cn3cc(SCC(N)=O)ccc3n2)cc1C. The number of carbonyl (C=O) groups excluding carboxylic acids is 1. The van der Waals surface area contributed by atoms with E-state index in [4.69, 9.17) is 5.73 Å². The van der Waals surface area contributed by atoms with Gasteiger partial charge in [-0.1, -0.05) is 6.07 Å². The van der Waals surface area contributed by atoms with Crippen LogP contribution in [0.3, 0.4) is 0 Å². The van der Waals surface area contributed by atoms with Gasteiger partial charge in [-0.05, 0) is 36.8 Å². The summed E-state index contributed by atoms with van der Waals surface area (Å²) >= 11 is 1.42. The number of hydrogen-bond acceptors (Lipinski definition) is 4. The Hall–Kier alpha value is -2.47. The molecule has 2 aromatic heterocycles. The summed E-state index contributed by atoms with van der Waals surface area (Å²) in [7, 11) is 1.91. The Bertz CT molecular complexity index is 872. The largest absolute Gasteiger partial charge is 0.388 e. The Labute approximate surface area is 138 Å². The van der Waals surface area contributed by atoms with Gasteiger partial charge >= 0.3 is 0 Å². The number of nitrogens with zero attached hydrogens (tertiary/aromatic N) is 2. The predicted molar refractivity (Wildman–Crippen MR) is 94.8 cm³/mol. The molecule has 0 bridgehead atoms. The second kappa shape index (κ2) is 6.34. The number of carbonyl (C=O) groups is 1. The van der Waals surface area contributed by atoms with Crippen LogP contribution in [0.25, 0.3) is 16.9 Å². The lowest BCUT2D eigenvalue weighted by molar-refractivity contribution is -0.115. The first-order valence-electron chi connectivity index (χ1n) is 7.25. The first-order chi connectivity index (χ1) is 11.1. The fraction of sp³-hybridized carbons (Fsp3) is 0.176. The number of nitrogens with one attached hydrogen (secondary N) is 1. The minimum Gasteiger partial charge on any atom is -0.388 e. The molecule has 0 unspecified atom stereocenters. The number of thioether (sulfide) groups is 1. The average Bonchev–Trinajstić information content (AvgIpc) is 2.96. The van der Waals surface area contributed by atoms with Crippen molar-refractivity contribution < 1.29 is 4.79 Å². The third kappa shape index (κ3) is 3.32. The maximum absolute atomic E-state index is 10.9. The molecule has 0 radical (unpaired) electrons. The van der Waals surface area contributed by atoms with Crippen LogP contribution in [0.1, 0.15) is 5.56 Å².